The highest BCUT2D eigenvalue weighted by molar-refractivity contribution is 7.92. The molecule has 0 bridgehead atoms. The highest BCUT2D eigenvalue weighted by atomic mass is 32.2. The minimum absolute atomic E-state index is 0.00569. The molecule has 8 nitrogen and oxygen atoms in total. The zero-order chi connectivity index (χ0) is 21.7. The molecule has 0 aliphatic heterocycles. The van der Waals surface area contributed by atoms with Crippen molar-refractivity contribution in [3.63, 3.8) is 0 Å². The van der Waals surface area contributed by atoms with Gasteiger partial charge in [-0.1, -0.05) is 24.3 Å². The number of carbonyl (C=O) groups is 2. The molecular formula is C20H14N2O6S2. The predicted molar refractivity (Wildman–Crippen MR) is 108 cm³/mol. The molecule has 152 valence electrons. The second-order valence-corrected chi connectivity index (χ2v) is 9.83. The molecular weight excluding hydrogens is 428 g/mol. The number of primary sulfonamides is 1. The van der Waals surface area contributed by atoms with Crippen LogP contribution < -0.4 is 9.86 Å². The number of benzene rings is 3. The van der Waals surface area contributed by atoms with Crippen molar-refractivity contribution in [1.82, 2.24) is 0 Å². The number of anilines is 1. The van der Waals surface area contributed by atoms with Gasteiger partial charge in [0.2, 0.25) is 10.0 Å². The number of nitrogens with two attached hydrogens (primary N) is 1. The molecule has 3 aromatic carbocycles. The highest BCUT2D eigenvalue weighted by Crippen LogP contribution is 2.29. The Morgan fingerprint density at radius 2 is 1.13 bits per heavy atom. The summed E-state index contributed by atoms with van der Waals surface area (Å²) in [4.78, 5) is 25.1. The van der Waals surface area contributed by atoms with E-state index in [1.54, 1.807) is 18.2 Å². The fourth-order valence-corrected chi connectivity index (χ4v) is 4.77. The third kappa shape index (κ3) is 3.41. The molecule has 0 aromatic heterocycles. The van der Waals surface area contributed by atoms with E-state index in [9.17, 15) is 26.4 Å². The maximum atomic E-state index is 12.8. The fourth-order valence-electron chi connectivity index (χ4n) is 3.17. The second-order valence-electron chi connectivity index (χ2n) is 6.59. The van der Waals surface area contributed by atoms with E-state index < -0.39 is 25.8 Å². The van der Waals surface area contributed by atoms with Crippen molar-refractivity contribution < 1.29 is 26.4 Å². The lowest BCUT2D eigenvalue weighted by atomic mass is 9.84. The van der Waals surface area contributed by atoms with Crippen molar-refractivity contribution in [2.24, 2.45) is 5.14 Å². The zero-order valence-corrected chi connectivity index (χ0v) is 16.8. The van der Waals surface area contributed by atoms with E-state index in [4.69, 9.17) is 5.14 Å². The Bertz CT molecular complexity index is 1430. The van der Waals surface area contributed by atoms with Crippen molar-refractivity contribution in [3.8, 4) is 0 Å². The van der Waals surface area contributed by atoms with Crippen LogP contribution in [-0.4, -0.2) is 28.4 Å². The predicted octanol–water partition coefficient (Wildman–Crippen LogP) is 1.91. The Labute approximate surface area is 172 Å². The summed E-state index contributed by atoms with van der Waals surface area (Å²) in [5.41, 5.74) is 0.740. The average Bonchev–Trinajstić information content (AvgIpc) is 2.71. The van der Waals surface area contributed by atoms with E-state index in [1.807, 2.05) is 0 Å². The number of carbonyl (C=O) groups excluding carboxylic acids is 2. The van der Waals surface area contributed by atoms with Gasteiger partial charge in [-0.25, -0.2) is 22.0 Å². The second kappa shape index (κ2) is 6.87. The van der Waals surface area contributed by atoms with Gasteiger partial charge in [0, 0.05) is 27.9 Å². The van der Waals surface area contributed by atoms with Crippen LogP contribution in [0, 0.1) is 0 Å². The average molecular weight is 442 g/mol. The molecule has 0 spiro atoms. The van der Waals surface area contributed by atoms with Crippen molar-refractivity contribution in [2.45, 2.75) is 9.79 Å². The first-order valence-electron chi connectivity index (χ1n) is 8.56. The number of fused-ring (bicyclic) bond motifs is 2. The number of sulfonamides is 2. The largest absolute Gasteiger partial charge is 0.289 e. The summed E-state index contributed by atoms with van der Waals surface area (Å²) in [6, 6.07) is 14.9. The van der Waals surface area contributed by atoms with Crippen LogP contribution in [0.25, 0.3) is 0 Å². The number of ketones is 2. The Kier molecular flexibility index (Phi) is 4.57. The fraction of sp³-hybridized carbons (Fsp3) is 0. The van der Waals surface area contributed by atoms with E-state index in [-0.39, 0.29) is 43.5 Å². The number of hydrogen-bond donors (Lipinski definition) is 2. The van der Waals surface area contributed by atoms with Gasteiger partial charge in [0.1, 0.15) is 0 Å². The molecule has 0 saturated carbocycles. The molecule has 1 aliphatic rings. The van der Waals surface area contributed by atoms with Crippen molar-refractivity contribution in [3.05, 3.63) is 89.0 Å². The lowest BCUT2D eigenvalue weighted by molar-refractivity contribution is 0.0979. The van der Waals surface area contributed by atoms with E-state index in [0.29, 0.717) is 0 Å². The van der Waals surface area contributed by atoms with Gasteiger partial charge in [-0.2, -0.15) is 0 Å². The molecule has 30 heavy (non-hydrogen) atoms. The summed E-state index contributed by atoms with van der Waals surface area (Å²) < 4.78 is 50.4. The third-order valence-corrected chi connectivity index (χ3v) is 6.95. The SMILES string of the molecule is NS(=O)(=O)c1ccc(NS(=O)(=O)c2ccc3c(c2)C(=O)c2ccccc2C3=O)cc1. The first-order valence-corrected chi connectivity index (χ1v) is 11.6. The Hall–Kier alpha value is -3.34. The Balaban J connectivity index is 1.70. The Morgan fingerprint density at radius 3 is 1.70 bits per heavy atom. The van der Waals surface area contributed by atoms with Gasteiger partial charge in [0.15, 0.2) is 11.6 Å². The normalized spacial score (nSPS) is 13.5. The molecule has 0 amide bonds. The molecule has 4 rings (SSSR count). The first kappa shape index (κ1) is 20.0. The van der Waals surface area contributed by atoms with Crippen molar-refractivity contribution in [2.75, 3.05) is 4.72 Å². The van der Waals surface area contributed by atoms with Crippen LogP contribution in [0.1, 0.15) is 31.8 Å². The van der Waals surface area contributed by atoms with Gasteiger partial charge >= 0.3 is 0 Å². The van der Waals surface area contributed by atoms with Gasteiger partial charge in [-0.05, 0) is 42.5 Å². The van der Waals surface area contributed by atoms with Gasteiger partial charge in [-0.3, -0.25) is 14.3 Å². The summed E-state index contributed by atoms with van der Waals surface area (Å²) in [6.45, 7) is 0. The van der Waals surface area contributed by atoms with Crippen LogP contribution in [0.2, 0.25) is 0 Å². The Morgan fingerprint density at radius 1 is 0.633 bits per heavy atom. The van der Waals surface area contributed by atoms with Crippen molar-refractivity contribution in [1.29, 1.82) is 0 Å². The molecule has 0 fully saturated rings. The van der Waals surface area contributed by atoms with E-state index >= 15 is 0 Å². The highest BCUT2D eigenvalue weighted by Gasteiger charge is 2.30. The lowest BCUT2D eigenvalue weighted by Gasteiger charge is -2.18. The van der Waals surface area contributed by atoms with E-state index in [0.717, 1.165) is 6.07 Å². The molecule has 0 unspecified atom stereocenters. The van der Waals surface area contributed by atoms with Gasteiger partial charge in [0.05, 0.1) is 9.79 Å². The van der Waals surface area contributed by atoms with Gasteiger partial charge in [-0.15, -0.1) is 0 Å². The number of rotatable bonds is 4. The van der Waals surface area contributed by atoms with Crippen molar-refractivity contribution >= 4 is 37.3 Å². The summed E-state index contributed by atoms with van der Waals surface area (Å²) in [7, 11) is -8.02. The summed E-state index contributed by atoms with van der Waals surface area (Å²) in [6.07, 6.45) is 0. The minimum Gasteiger partial charge on any atom is -0.289 e. The lowest BCUT2D eigenvalue weighted by Crippen LogP contribution is -2.22. The standard InChI is InChI=1S/C20H14N2O6S2/c21-29(25,26)13-7-5-12(6-8-13)22-30(27,28)14-9-10-17-18(11-14)20(24)16-4-2-1-3-15(16)19(17)23/h1-11,22H,(H2,21,25,26). The topological polar surface area (TPSA) is 140 Å². The molecule has 0 radical (unpaired) electrons. The van der Waals surface area contributed by atoms with Gasteiger partial charge in [0.25, 0.3) is 10.0 Å². The van der Waals surface area contributed by atoms with Crippen LogP contribution in [0.15, 0.2) is 76.5 Å². The first-order chi connectivity index (χ1) is 14.1. The molecule has 0 atom stereocenters. The maximum absolute atomic E-state index is 12.8. The van der Waals surface area contributed by atoms with Crippen LogP contribution in [-0.2, 0) is 20.0 Å². The van der Waals surface area contributed by atoms with E-state index in [2.05, 4.69) is 4.72 Å². The molecule has 0 saturated heterocycles. The van der Waals surface area contributed by atoms with E-state index in [1.165, 1.54) is 42.5 Å². The quantitative estimate of drug-likeness (QED) is 0.495. The molecule has 0 heterocycles. The van der Waals surface area contributed by atoms with Crippen LogP contribution >= 0.6 is 0 Å². The van der Waals surface area contributed by atoms with Gasteiger partial charge < -0.3 is 0 Å². The smallest absolute Gasteiger partial charge is 0.261 e. The molecule has 3 N–H and O–H groups in total. The summed E-state index contributed by atoms with van der Waals surface area (Å²) >= 11 is 0. The minimum atomic E-state index is -4.11. The third-order valence-electron chi connectivity index (χ3n) is 4.64. The maximum Gasteiger partial charge on any atom is 0.261 e. The van der Waals surface area contributed by atoms with Crippen LogP contribution in [0.5, 0.6) is 0 Å². The summed E-state index contributed by atoms with van der Waals surface area (Å²) in [5, 5.41) is 5.02. The summed E-state index contributed by atoms with van der Waals surface area (Å²) in [5.74, 6) is -0.787. The zero-order valence-electron chi connectivity index (χ0n) is 15.2. The molecule has 10 heteroatoms. The number of hydrogen-bond acceptors (Lipinski definition) is 6. The van der Waals surface area contributed by atoms with Crippen LogP contribution in [0.4, 0.5) is 5.69 Å². The molecule has 1 aliphatic carbocycles. The monoisotopic (exact) mass is 442 g/mol. The number of nitrogens with one attached hydrogen (secondary N) is 1. The molecule has 3 aromatic rings. The van der Waals surface area contributed by atoms with Crippen LogP contribution in [0.3, 0.4) is 0 Å².